The molecule has 1 aromatic rings. The molecular weight excluding hydrogens is 211 g/mol. The Kier molecular flexibility index (Phi) is 2.84. The predicted octanol–water partition coefficient (Wildman–Crippen LogP) is 2.23. The fourth-order valence-corrected chi connectivity index (χ4v) is 4.54. The molecule has 0 aliphatic carbocycles. The summed E-state index contributed by atoms with van der Waals surface area (Å²) in [6.07, 6.45) is 0. The molecule has 0 saturated carbocycles. The Balaban J connectivity index is 3.20. The van der Waals surface area contributed by atoms with Crippen LogP contribution in [0.1, 0.15) is 12.5 Å². The molecule has 0 heterocycles. The Morgan fingerprint density at radius 3 is 2.42 bits per heavy atom. The van der Waals surface area contributed by atoms with Crippen LogP contribution in [0.5, 0.6) is 0 Å². The van der Waals surface area contributed by atoms with E-state index < -0.39 is 13.5 Å². The summed E-state index contributed by atoms with van der Waals surface area (Å²) in [5, 5.41) is 0.809. The normalized spacial score (nSPS) is 15.6. The van der Waals surface area contributed by atoms with Crippen LogP contribution in [0, 0.1) is 6.92 Å². The average molecular weight is 226 g/mol. The monoisotopic (exact) mass is 226 g/mol. The summed E-state index contributed by atoms with van der Waals surface area (Å²) >= 11 is -2.69. The molecule has 12 heavy (non-hydrogen) atoms. The fraction of sp³-hybridized carbons (Fsp3) is 0.400. The van der Waals surface area contributed by atoms with E-state index in [0.29, 0.717) is 0 Å². The molecule has 0 aliphatic heterocycles. The van der Waals surface area contributed by atoms with E-state index in [1.807, 2.05) is 43.8 Å². The Bertz CT molecular complexity index is 317. The van der Waals surface area contributed by atoms with Crippen LogP contribution in [-0.2, 0) is 3.74 Å². The van der Waals surface area contributed by atoms with E-state index in [0.717, 1.165) is 9.56 Å². The molecule has 0 aliphatic rings. The van der Waals surface area contributed by atoms with E-state index >= 15 is 0 Å². The third kappa shape index (κ3) is 1.84. The zero-order valence-corrected chi connectivity index (χ0v) is 9.75. The van der Waals surface area contributed by atoms with Crippen molar-refractivity contribution >= 4 is 17.8 Å². The van der Waals surface area contributed by atoms with Gasteiger partial charge in [-0.3, -0.25) is 0 Å². The zero-order valence-electron chi connectivity index (χ0n) is 7.87. The second-order valence-electron chi connectivity index (χ2n) is 3.20. The molecule has 1 unspecified atom stereocenters. The first-order chi connectivity index (χ1) is 5.58. The summed E-state index contributed by atoms with van der Waals surface area (Å²) in [5.74, 6) is 0. The van der Waals surface area contributed by atoms with Gasteiger partial charge in [0.05, 0.1) is 0 Å². The van der Waals surface area contributed by atoms with Gasteiger partial charge in [-0.2, -0.15) is 0 Å². The molecular formula is C10H15AsO. The van der Waals surface area contributed by atoms with Crippen LogP contribution in [0.25, 0.3) is 0 Å². The number of hydrogen-bond donors (Lipinski definition) is 0. The van der Waals surface area contributed by atoms with Crippen LogP contribution < -0.4 is 4.35 Å². The minimum atomic E-state index is -2.69. The first-order valence-electron chi connectivity index (χ1n) is 4.20. The maximum absolute atomic E-state index is 12.1. The quantitative estimate of drug-likeness (QED) is 0.707. The van der Waals surface area contributed by atoms with Crippen molar-refractivity contribution in [3.05, 3.63) is 29.8 Å². The summed E-state index contributed by atoms with van der Waals surface area (Å²) in [5.41, 5.74) is 3.09. The van der Waals surface area contributed by atoms with Crippen molar-refractivity contribution in [1.29, 1.82) is 0 Å². The van der Waals surface area contributed by atoms with Crippen LogP contribution in [-0.4, -0.2) is 13.5 Å². The van der Waals surface area contributed by atoms with E-state index in [9.17, 15) is 3.74 Å². The van der Waals surface area contributed by atoms with Crippen LogP contribution in [0.4, 0.5) is 0 Å². The van der Waals surface area contributed by atoms with Gasteiger partial charge in [-0.25, -0.2) is 0 Å². The number of rotatable bonds is 2. The van der Waals surface area contributed by atoms with E-state index in [4.69, 9.17) is 0 Å². The van der Waals surface area contributed by atoms with Crippen molar-refractivity contribution in [2.75, 3.05) is 0 Å². The Labute approximate surface area is 76.5 Å². The molecule has 66 valence electrons. The molecule has 1 rings (SSSR count). The SMILES string of the molecule is CC[As](C)(=O)c1ccccc1C. The molecule has 0 saturated heterocycles. The van der Waals surface area contributed by atoms with Crippen molar-refractivity contribution in [2.24, 2.45) is 0 Å². The first kappa shape index (κ1) is 9.66. The predicted molar refractivity (Wildman–Crippen MR) is 53.6 cm³/mol. The van der Waals surface area contributed by atoms with Gasteiger partial charge in [0.25, 0.3) is 0 Å². The molecule has 1 nitrogen and oxygen atoms in total. The molecule has 2 heteroatoms. The van der Waals surface area contributed by atoms with E-state index in [-0.39, 0.29) is 0 Å². The second-order valence-corrected chi connectivity index (χ2v) is 10.2. The van der Waals surface area contributed by atoms with E-state index in [2.05, 4.69) is 0 Å². The van der Waals surface area contributed by atoms with Gasteiger partial charge in [0.1, 0.15) is 0 Å². The van der Waals surface area contributed by atoms with Crippen molar-refractivity contribution in [3.63, 3.8) is 0 Å². The Hall–Kier alpha value is -0.422. The average Bonchev–Trinajstić information content (AvgIpc) is 2.05. The maximum atomic E-state index is 12.1. The summed E-state index contributed by atoms with van der Waals surface area (Å²) in [7, 11) is 0. The van der Waals surface area contributed by atoms with Crippen molar-refractivity contribution in [3.8, 4) is 0 Å². The van der Waals surface area contributed by atoms with Crippen LogP contribution in [0.15, 0.2) is 24.3 Å². The third-order valence-electron chi connectivity index (χ3n) is 2.23. The molecule has 0 bridgehead atoms. The van der Waals surface area contributed by atoms with Gasteiger partial charge in [-0.05, 0) is 0 Å². The van der Waals surface area contributed by atoms with Gasteiger partial charge >= 0.3 is 76.2 Å². The molecule has 0 radical (unpaired) electrons. The Morgan fingerprint density at radius 2 is 1.92 bits per heavy atom. The first-order valence-corrected chi connectivity index (χ1v) is 9.11. The van der Waals surface area contributed by atoms with Gasteiger partial charge in [0.2, 0.25) is 0 Å². The summed E-state index contributed by atoms with van der Waals surface area (Å²) < 4.78 is 13.2. The molecule has 0 aromatic heterocycles. The number of hydrogen-bond acceptors (Lipinski definition) is 1. The summed E-state index contributed by atoms with van der Waals surface area (Å²) in [4.78, 5) is 0. The molecule has 0 spiro atoms. The van der Waals surface area contributed by atoms with Gasteiger partial charge in [-0.1, -0.05) is 0 Å². The minimum absolute atomic E-state index is 0.809. The second kappa shape index (κ2) is 3.53. The molecule has 1 atom stereocenters. The van der Waals surface area contributed by atoms with E-state index in [1.165, 1.54) is 5.56 Å². The van der Waals surface area contributed by atoms with Crippen LogP contribution >= 0.6 is 0 Å². The van der Waals surface area contributed by atoms with Crippen molar-refractivity contribution in [1.82, 2.24) is 0 Å². The van der Waals surface area contributed by atoms with Gasteiger partial charge in [0, 0.05) is 0 Å². The van der Waals surface area contributed by atoms with Gasteiger partial charge in [-0.15, -0.1) is 0 Å². The number of benzene rings is 1. The van der Waals surface area contributed by atoms with Crippen molar-refractivity contribution in [2.45, 2.75) is 24.8 Å². The summed E-state index contributed by atoms with van der Waals surface area (Å²) in [6.45, 7) is 4.04. The standard InChI is InChI=1S/C10H15AsO/c1-4-11(3,12)10-8-6-5-7-9(10)2/h5-8H,4H2,1-3H3. The fourth-order valence-electron chi connectivity index (χ4n) is 1.26. The van der Waals surface area contributed by atoms with Crippen LogP contribution in [0.2, 0.25) is 10.9 Å². The van der Waals surface area contributed by atoms with Crippen molar-refractivity contribution < 1.29 is 3.74 Å². The van der Waals surface area contributed by atoms with Gasteiger partial charge in [0.15, 0.2) is 0 Å². The van der Waals surface area contributed by atoms with Gasteiger partial charge < -0.3 is 0 Å². The number of aryl methyl sites for hydroxylation is 1. The Morgan fingerprint density at radius 1 is 1.33 bits per heavy atom. The molecule has 1 aromatic carbocycles. The third-order valence-corrected chi connectivity index (χ3v) is 7.95. The molecule has 0 N–H and O–H groups in total. The summed E-state index contributed by atoms with van der Waals surface area (Å²) in [6, 6.07) is 7.99. The molecule has 0 amide bonds. The zero-order chi connectivity index (χ0) is 9.19. The van der Waals surface area contributed by atoms with E-state index in [1.54, 1.807) is 0 Å². The van der Waals surface area contributed by atoms with Crippen LogP contribution in [0.3, 0.4) is 0 Å². The topological polar surface area (TPSA) is 17.1 Å². The molecule has 0 fully saturated rings.